The number of rotatable bonds is 13. The lowest BCUT2D eigenvalue weighted by molar-refractivity contribution is -0.141. The molecule has 0 saturated carbocycles. The molecule has 0 aliphatic rings. The standard InChI is InChI=1S/C17H34O2/c1-4-5-6-7-8-9-10-11-12-13-14-16(2)15-17(18)19-3/h16H,4-15H2,1-3H3. The van der Waals surface area contributed by atoms with Crippen molar-refractivity contribution in [1.82, 2.24) is 0 Å². The monoisotopic (exact) mass is 270 g/mol. The van der Waals surface area contributed by atoms with Crippen molar-refractivity contribution >= 4 is 5.97 Å². The van der Waals surface area contributed by atoms with Gasteiger partial charge < -0.3 is 4.74 Å². The van der Waals surface area contributed by atoms with E-state index in [4.69, 9.17) is 0 Å². The lowest BCUT2D eigenvalue weighted by atomic mass is 9.99. The molecule has 0 radical (unpaired) electrons. The molecule has 0 spiro atoms. The fourth-order valence-corrected chi connectivity index (χ4v) is 2.45. The zero-order valence-corrected chi connectivity index (χ0v) is 13.4. The maximum absolute atomic E-state index is 11.1. The molecule has 2 heteroatoms. The number of carbonyl (C=O) groups excluding carboxylic acids is 1. The normalized spacial score (nSPS) is 12.4. The van der Waals surface area contributed by atoms with Gasteiger partial charge in [0, 0.05) is 6.42 Å². The highest BCUT2D eigenvalue weighted by molar-refractivity contribution is 5.69. The van der Waals surface area contributed by atoms with Gasteiger partial charge in [-0.3, -0.25) is 4.79 Å². The molecule has 19 heavy (non-hydrogen) atoms. The van der Waals surface area contributed by atoms with E-state index in [1.165, 1.54) is 71.3 Å². The quantitative estimate of drug-likeness (QED) is 0.326. The van der Waals surface area contributed by atoms with Gasteiger partial charge in [0.1, 0.15) is 0 Å². The van der Waals surface area contributed by atoms with E-state index < -0.39 is 0 Å². The smallest absolute Gasteiger partial charge is 0.305 e. The summed E-state index contributed by atoms with van der Waals surface area (Å²) in [6.45, 7) is 4.41. The van der Waals surface area contributed by atoms with Gasteiger partial charge in [-0.2, -0.15) is 0 Å². The van der Waals surface area contributed by atoms with Crippen LogP contribution in [0.2, 0.25) is 0 Å². The van der Waals surface area contributed by atoms with Crippen molar-refractivity contribution in [3.05, 3.63) is 0 Å². The molecule has 0 N–H and O–H groups in total. The number of carbonyl (C=O) groups is 1. The van der Waals surface area contributed by atoms with E-state index in [9.17, 15) is 4.79 Å². The molecule has 114 valence electrons. The van der Waals surface area contributed by atoms with Crippen LogP contribution in [0.5, 0.6) is 0 Å². The number of hydrogen-bond donors (Lipinski definition) is 0. The van der Waals surface area contributed by atoms with Crippen LogP contribution < -0.4 is 0 Å². The molecule has 1 unspecified atom stereocenters. The van der Waals surface area contributed by atoms with Crippen LogP contribution >= 0.6 is 0 Å². The summed E-state index contributed by atoms with van der Waals surface area (Å²) in [4.78, 5) is 11.1. The molecule has 0 aliphatic carbocycles. The largest absolute Gasteiger partial charge is 0.469 e. The summed E-state index contributed by atoms with van der Waals surface area (Å²) in [5, 5.41) is 0. The first-order valence-electron chi connectivity index (χ1n) is 8.27. The van der Waals surface area contributed by atoms with Gasteiger partial charge in [-0.15, -0.1) is 0 Å². The molecule has 0 saturated heterocycles. The van der Waals surface area contributed by atoms with Crippen molar-refractivity contribution in [1.29, 1.82) is 0 Å². The predicted octanol–water partition coefficient (Wildman–Crippen LogP) is 5.50. The third-order valence-corrected chi connectivity index (χ3v) is 3.79. The van der Waals surface area contributed by atoms with Crippen molar-refractivity contribution < 1.29 is 9.53 Å². The summed E-state index contributed by atoms with van der Waals surface area (Å²) >= 11 is 0. The molecular weight excluding hydrogens is 236 g/mol. The highest BCUT2D eigenvalue weighted by Gasteiger charge is 2.08. The number of unbranched alkanes of at least 4 members (excludes halogenated alkanes) is 9. The minimum atomic E-state index is -0.0698. The summed E-state index contributed by atoms with van der Waals surface area (Å²) in [7, 11) is 1.47. The van der Waals surface area contributed by atoms with E-state index in [1.807, 2.05) is 0 Å². The Morgan fingerprint density at radius 3 is 1.84 bits per heavy atom. The molecular formula is C17H34O2. The Hall–Kier alpha value is -0.530. The summed E-state index contributed by atoms with van der Waals surface area (Å²) in [5.41, 5.74) is 0. The minimum Gasteiger partial charge on any atom is -0.469 e. The third-order valence-electron chi connectivity index (χ3n) is 3.79. The van der Waals surface area contributed by atoms with Crippen molar-refractivity contribution in [2.75, 3.05) is 7.11 Å². The first-order valence-corrected chi connectivity index (χ1v) is 8.27. The molecule has 0 aliphatic heterocycles. The van der Waals surface area contributed by atoms with Crippen molar-refractivity contribution in [3.63, 3.8) is 0 Å². The van der Waals surface area contributed by atoms with Crippen LogP contribution in [-0.2, 0) is 9.53 Å². The van der Waals surface area contributed by atoms with Gasteiger partial charge in [0.2, 0.25) is 0 Å². The summed E-state index contributed by atoms with van der Waals surface area (Å²) in [6.07, 6.45) is 15.5. The topological polar surface area (TPSA) is 26.3 Å². The maximum atomic E-state index is 11.1. The second-order valence-corrected chi connectivity index (χ2v) is 5.86. The Balaban J connectivity index is 3.16. The van der Waals surface area contributed by atoms with Crippen LogP contribution in [0.1, 0.15) is 90.9 Å². The van der Waals surface area contributed by atoms with Crippen LogP contribution in [0.25, 0.3) is 0 Å². The average molecular weight is 270 g/mol. The zero-order chi connectivity index (χ0) is 14.3. The van der Waals surface area contributed by atoms with Crippen LogP contribution in [-0.4, -0.2) is 13.1 Å². The second kappa shape index (κ2) is 13.9. The second-order valence-electron chi connectivity index (χ2n) is 5.86. The van der Waals surface area contributed by atoms with E-state index in [0.717, 1.165) is 6.42 Å². The Kier molecular flexibility index (Phi) is 13.5. The molecule has 0 fully saturated rings. The molecule has 0 aromatic carbocycles. The van der Waals surface area contributed by atoms with Gasteiger partial charge in [0.05, 0.1) is 7.11 Å². The van der Waals surface area contributed by atoms with Crippen LogP contribution in [0.3, 0.4) is 0 Å². The summed E-state index contributed by atoms with van der Waals surface area (Å²) in [6, 6.07) is 0. The van der Waals surface area contributed by atoms with Crippen LogP contribution in [0.15, 0.2) is 0 Å². The van der Waals surface area contributed by atoms with Crippen molar-refractivity contribution in [2.24, 2.45) is 5.92 Å². The Bertz CT molecular complexity index is 201. The lowest BCUT2D eigenvalue weighted by Gasteiger charge is -2.09. The van der Waals surface area contributed by atoms with Crippen molar-refractivity contribution in [3.8, 4) is 0 Å². The molecule has 0 amide bonds. The molecule has 0 rings (SSSR count). The first kappa shape index (κ1) is 18.5. The number of esters is 1. The van der Waals surface area contributed by atoms with E-state index >= 15 is 0 Å². The van der Waals surface area contributed by atoms with Gasteiger partial charge in [-0.05, 0) is 5.92 Å². The fourth-order valence-electron chi connectivity index (χ4n) is 2.45. The van der Waals surface area contributed by atoms with E-state index in [-0.39, 0.29) is 5.97 Å². The lowest BCUT2D eigenvalue weighted by Crippen LogP contribution is -2.06. The summed E-state index contributed by atoms with van der Waals surface area (Å²) in [5.74, 6) is 0.404. The van der Waals surface area contributed by atoms with E-state index in [1.54, 1.807) is 0 Å². The molecule has 0 heterocycles. The van der Waals surface area contributed by atoms with Gasteiger partial charge in [0.15, 0.2) is 0 Å². The van der Waals surface area contributed by atoms with Crippen LogP contribution in [0, 0.1) is 5.92 Å². The third kappa shape index (κ3) is 13.7. The number of ether oxygens (including phenoxy) is 1. The molecule has 2 nitrogen and oxygen atoms in total. The van der Waals surface area contributed by atoms with E-state index in [0.29, 0.717) is 12.3 Å². The highest BCUT2D eigenvalue weighted by atomic mass is 16.5. The van der Waals surface area contributed by atoms with Gasteiger partial charge in [0.25, 0.3) is 0 Å². The SMILES string of the molecule is CCCCCCCCCCCCC(C)CC(=O)OC. The highest BCUT2D eigenvalue weighted by Crippen LogP contribution is 2.16. The molecule has 0 bridgehead atoms. The Morgan fingerprint density at radius 2 is 1.37 bits per heavy atom. The van der Waals surface area contributed by atoms with Crippen LogP contribution in [0.4, 0.5) is 0 Å². The average Bonchev–Trinajstić information content (AvgIpc) is 2.40. The molecule has 1 atom stereocenters. The summed E-state index contributed by atoms with van der Waals surface area (Å²) < 4.78 is 4.68. The first-order chi connectivity index (χ1) is 9.20. The van der Waals surface area contributed by atoms with Gasteiger partial charge in [-0.1, -0.05) is 84.5 Å². The van der Waals surface area contributed by atoms with E-state index in [2.05, 4.69) is 18.6 Å². The minimum absolute atomic E-state index is 0.0698. The molecule has 0 aromatic rings. The fraction of sp³-hybridized carbons (Fsp3) is 0.941. The number of hydrogen-bond acceptors (Lipinski definition) is 2. The zero-order valence-electron chi connectivity index (χ0n) is 13.4. The van der Waals surface area contributed by atoms with Gasteiger partial charge in [-0.25, -0.2) is 0 Å². The predicted molar refractivity (Wildman–Crippen MR) is 82.3 cm³/mol. The number of methoxy groups -OCH3 is 1. The Morgan fingerprint density at radius 1 is 0.895 bits per heavy atom. The molecule has 0 aromatic heterocycles. The van der Waals surface area contributed by atoms with Crippen molar-refractivity contribution in [2.45, 2.75) is 90.9 Å². The Labute approximate surface area is 120 Å². The van der Waals surface area contributed by atoms with Gasteiger partial charge >= 0.3 is 5.97 Å². The maximum Gasteiger partial charge on any atom is 0.305 e.